The Morgan fingerprint density at radius 1 is 1.02 bits per heavy atom. The number of likely N-dealkylation sites (N-methyl/N-ethyl adjacent to an activating group) is 1. The molecule has 13 heteroatoms. The lowest BCUT2D eigenvalue weighted by molar-refractivity contribution is -0.299. The van der Waals surface area contributed by atoms with E-state index in [4.69, 9.17) is 28.4 Å². The molecule has 0 radical (unpaired) electrons. The molecule has 0 aromatic rings. The van der Waals surface area contributed by atoms with Gasteiger partial charge in [-0.15, -0.1) is 0 Å². The molecule has 4 rings (SSSR count). The Kier molecular flexibility index (Phi) is 12.0. The monoisotopic (exact) mass is 682 g/mol. The van der Waals surface area contributed by atoms with Crippen molar-refractivity contribution in [2.75, 3.05) is 49.1 Å². The van der Waals surface area contributed by atoms with Crippen molar-refractivity contribution in [2.24, 2.45) is 23.7 Å². The van der Waals surface area contributed by atoms with Crippen LogP contribution in [0.15, 0.2) is 0 Å². The van der Waals surface area contributed by atoms with Gasteiger partial charge in [0, 0.05) is 39.3 Å². The molecule has 276 valence electrons. The van der Waals surface area contributed by atoms with Crippen LogP contribution >= 0.6 is 0 Å². The number of hydrogen-bond donors (Lipinski definition) is 0. The lowest BCUT2D eigenvalue weighted by Crippen LogP contribution is -2.61. The number of hydrogen-bond acceptors (Lipinski definition) is 12. The molecule has 4 aliphatic rings. The van der Waals surface area contributed by atoms with Gasteiger partial charge >= 0.3 is 12.1 Å². The number of fused-ring (bicyclic) bond motifs is 1. The molecule has 13 nitrogen and oxygen atoms in total. The summed E-state index contributed by atoms with van der Waals surface area (Å²) in [6, 6.07) is -0.475. The maximum atomic E-state index is 14.3. The molecule has 11 unspecified atom stereocenters. The number of Topliss-reactive ketones (excluding diaryl/α,β-unsaturated/α-hetero) is 1. The predicted molar refractivity (Wildman–Crippen MR) is 179 cm³/mol. The largest absolute Gasteiger partial charge is 0.458 e. The van der Waals surface area contributed by atoms with E-state index < -0.39 is 65.7 Å². The minimum Gasteiger partial charge on any atom is -0.458 e. The van der Waals surface area contributed by atoms with E-state index in [-0.39, 0.29) is 35.8 Å². The van der Waals surface area contributed by atoms with Gasteiger partial charge in [-0.05, 0) is 79.9 Å². The van der Waals surface area contributed by atoms with Crippen LogP contribution < -0.4 is 0 Å². The maximum Gasteiger partial charge on any atom is 0.425 e. The highest BCUT2D eigenvalue weighted by Crippen LogP contribution is 2.46. The number of cyclic esters (lactones) is 1. The molecule has 2 bridgehead atoms. The summed E-state index contributed by atoms with van der Waals surface area (Å²) >= 11 is 0. The van der Waals surface area contributed by atoms with E-state index in [1.165, 1.54) is 0 Å². The summed E-state index contributed by atoms with van der Waals surface area (Å²) in [6.07, 6.45) is -1.71. The summed E-state index contributed by atoms with van der Waals surface area (Å²) in [5.74, 6) is -2.98. The maximum absolute atomic E-state index is 14.3. The average molecular weight is 683 g/mol. The van der Waals surface area contributed by atoms with Crippen molar-refractivity contribution in [2.45, 2.75) is 135 Å². The fourth-order valence-corrected chi connectivity index (χ4v) is 9.45. The van der Waals surface area contributed by atoms with E-state index in [2.05, 4.69) is 30.7 Å². The number of ether oxygens (including phenoxy) is 6. The van der Waals surface area contributed by atoms with Crippen molar-refractivity contribution >= 4 is 17.8 Å². The highest BCUT2D eigenvalue weighted by molar-refractivity contribution is 6.00. The van der Waals surface area contributed by atoms with E-state index in [1.807, 2.05) is 53.8 Å². The van der Waals surface area contributed by atoms with Gasteiger partial charge in [0.1, 0.15) is 18.1 Å². The second-order valence-electron chi connectivity index (χ2n) is 15.5. The number of methoxy groups -OCH3 is 2. The number of nitrogens with zero attached hydrogens (tertiary/aromatic N) is 4. The fraction of sp³-hybridized carbons (Fsp3) is 0.914. The SMILES string of the molecule is CC[C@H]1OC(=O)C(C)C(=O)C(C)C(OC2OC(C)CC(N(C)C)C2OC)C(C)(OC)CC(C)C2[C@H](C)[C@H]3N(C(=O)OC13C)N(C)CN2C. The number of carbonyl (C=O) groups excluding carboxylic acids is 3. The molecule has 0 aliphatic carbocycles. The van der Waals surface area contributed by atoms with Crippen molar-refractivity contribution in [3.63, 3.8) is 0 Å². The van der Waals surface area contributed by atoms with E-state index in [0.29, 0.717) is 19.5 Å². The van der Waals surface area contributed by atoms with E-state index in [1.54, 1.807) is 33.1 Å². The van der Waals surface area contributed by atoms with E-state index in [9.17, 15) is 14.4 Å². The molecule has 14 atom stereocenters. The summed E-state index contributed by atoms with van der Waals surface area (Å²) in [7, 11) is 11.2. The normalized spacial score (nSPS) is 45.5. The van der Waals surface area contributed by atoms with Crippen LogP contribution in [-0.4, -0.2) is 147 Å². The smallest absolute Gasteiger partial charge is 0.425 e. The first-order chi connectivity index (χ1) is 22.4. The molecule has 48 heavy (non-hydrogen) atoms. The molecule has 0 aromatic heterocycles. The Bertz CT molecular complexity index is 1170. The van der Waals surface area contributed by atoms with Crippen molar-refractivity contribution in [3.05, 3.63) is 0 Å². The van der Waals surface area contributed by atoms with Crippen LogP contribution in [0.1, 0.15) is 74.7 Å². The third-order valence-electron chi connectivity index (χ3n) is 11.8. The Balaban J connectivity index is 1.85. The Morgan fingerprint density at radius 2 is 1.67 bits per heavy atom. The van der Waals surface area contributed by atoms with Crippen LogP contribution in [0.2, 0.25) is 0 Å². The van der Waals surface area contributed by atoms with Crippen molar-refractivity contribution in [1.29, 1.82) is 0 Å². The van der Waals surface area contributed by atoms with E-state index >= 15 is 0 Å². The van der Waals surface area contributed by atoms with Crippen molar-refractivity contribution < 1.29 is 42.8 Å². The second kappa shape index (κ2) is 14.8. The molecule has 1 amide bonds. The van der Waals surface area contributed by atoms with Gasteiger partial charge in [0.25, 0.3) is 0 Å². The van der Waals surface area contributed by atoms with Gasteiger partial charge in [-0.3, -0.25) is 14.5 Å². The van der Waals surface area contributed by atoms with Gasteiger partial charge in [0.15, 0.2) is 17.7 Å². The molecule has 0 saturated carbocycles. The van der Waals surface area contributed by atoms with E-state index in [0.717, 1.165) is 6.42 Å². The lowest BCUT2D eigenvalue weighted by Gasteiger charge is -2.49. The van der Waals surface area contributed by atoms with Crippen LogP contribution in [0.5, 0.6) is 0 Å². The van der Waals surface area contributed by atoms with Crippen LogP contribution in [0, 0.1) is 23.7 Å². The summed E-state index contributed by atoms with van der Waals surface area (Å²) in [5, 5.41) is 3.57. The Hall–Kier alpha value is -1.87. The molecule has 0 N–H and O–H groups in total. The molecular formula is C35H62N4O9. The first-order valence-electron chi connectivity index (χ1n) is 17.6. The molecule has 4 aliphatic heterocycles. The number of rotatable bonds is 6. The van der Waals surface area contributed by atoms with Gasteiger partial charge in [-0.25, -0.2) is 14.8 Å². The quantitative estimate of drug-likeness (QED) is 0.302. The third kappa shape index (κ3) is 6.89. The number of hydrazine groups is 1. The highest BCUT2D eigenvalue weighted by atomic mass is 16.7. The number of carbonyl (C=O) groups is 3. The van der Waals surface area contributed by atoms with Crippen molar-refractivity contribution in [3.8, 4) is 0 Å². The van der Waals surface area contributed by atoms with Gasteiger partial charge in [0.05, 0.1) is 30.5 Å². The molecule has 4 saturated heterocycles. The lowest BCUT2D eigenvalue weighted by atomic mass is 9.71. The number of ketones is 1. The Labute approximate surface area is 287 Å². The minimum atomic E-state index is -1.15. The summed E-state index contributed by atoms with van der Waals surface area (Å²) in [4.78, 5) is 46.1. The molecule has 0 aromatic carbocycles. The summed E-state index contributed by atoms with van der Waals surface area (Å²) in [6.45, 7) is 15.9. The first-order valence-corrected chi connectivity index (χ1v) is 17.6. The molecular weight excluding hydrogens is 620 g/mol. The third-order valence-corrected chi connectivity index (χ3v) is 11.8. The Morgan fingerprint density at radius 3 is 2.23 bits per heavy atom. The average Bonchev–Trinajstić information content (AvgIpc) is 3.24. The molecule has 0 spiro atoms. The topological polar surface area (TPSA) is 120 Å². The number of amides is 1. The molecule has 4 heterocycles. The van der Waals surface area contributed by atoms with Gasteiger partial charge in [-0.1, -0.05) is 27.7 Å². The van der Waals surface area contributed by atoms with Gasteiger partial charge in [-0.2, -0.15) is 0 Å². The second-order valence-corrected chi connectivity index (χ2v) is 15.5. The zero-order valence-electron chi connectivity index (χ0n) is 31.7. The predicted octanol–water partition coefficient (Wildman–Crippen LogP) is 3.39. The van der Waals surface area contributed by atoms with Crippen LogP contribution in [0.25, 0.3) is 0 Å². The summed E-state index contributed by atoms with van der Waals surface area (Å²) in [5.41, 5.74) is -2.14. The zero-order chi connectivity index (χ0) is 36.0. The van der Waals surface area contributed by atoms with Crippen LogP contribution in [0.4, 0.5) is 4.79 Å². The number of esters is 1. The van der Waals surface area contributed by atoms with Crippen molar-refractivity contribution in [1.82, 2.24) is 19.8 Å². The first kappa shape index (κ1) is 38.9. The standard InChI is InChI=1S/C35H62N4O9/c1-15-25-35(8)29-21(4)26(37(11)18-38(12)39(29)33(42)48-35)19(2)17-34(7,44-14)30(22(5)27(40)23(6)31(41)46-25)47-32-28(43-13)24(36(9)10)16-20(3)45-32/h19-26,28-30,32H,15-18H2,1-14H3/t19?,20?,21-,22?,23?,24?,25+,26?,28?,29+,30?,32?,34?,35?/m0/s1. The minimum absolute atomic E-state index is 0.00131. The zero-order valence-corrected chi connectivity index (χ0v) is 31.7. The van der Waals surface area contributed by atoms with Gasteiger partial charge < -0.3 is 33.3 Å². The fourth-order valence-electron chi connectivity index (χ4n) is 9.45. The van der Waals surface area contributed by atoms with Crippen LogP contribution in [0.3, 0.4) is 0 Å². The summed E-state index contributed by atoms with van der Waals surface area (Å²) < 4.78 is 38.0. The molecule has 4 fully saturated rings. The van der Waals surface area contributed by atoms with Gasteiger partial charge in [0.2, 0.25) is 0 Å². The highest BCUT2D eigenvalue weighted by Gasteiger charge is 2.63. The van der Waals surface area contributed by atoms with Crippen LogP contribution in [-0.2, 0) is 38.0 Å².